The highest BCUT2D eigenvalue weighted by Crippen LogP contribution is 2.18. The summed E-state index contributed by atoms with van der Waals surface area (Å²) in [6, 6.07) is 1.35. The first-order valence-corrected chi connectivity index (χ1v) is 4.85. The first-order chi connectivity index (χ1) is 7.83. The molecular weight excluding hydrogens is 239 g/mol. The number of hydrogen-bond donors (Lipinski definition) is 1. The molecule has 1 N–H and O–H groups in total. The second kappa shape index (κ2) is 5.22. The van der Waals surface area contributed by atoms with Gasteiger partial charge < -0.3 is 14.4 Å². The van der Waals surface area contributed by atoms with Crippen molar-refractivity contribution in [2.45, 2.75) is 13.1 Å². The summed E-state index contributed by atoms with van der Waals surface area (Å²) in [5, 5.41) is 8.65. The van der Waals surface area contributed by atoms with Crippen molar-refractivity contribution in [2.75, 3.05) is 19.7 Å². The smallest absolute Gasteiger partial charge is 0.406 e. The molecule has 0 bridgehead atoms. The number of halogens is 3. The van der Waals surface area contributed by atoms with Crippen LogP contribution in [0, 0.1) is 6.92 Å². The number of carbonyl (C=O) groups is 1. The third-order valence-electron chi connectivity index (χ3n) is 2.00. The van der Waals surface area contributed by atoms with E-state index >= 15 is 0 Å². The van der Waals surface area contributed by atoms with Crippen molar-refractivity contribution in [2.24, 2.45) is 0 Å². The summed E-state index contributed by atoms with van der Waals surface area (Å²) in [4.78, 5) is 12.2. The van der Waals surface area contributed by atoms with E-state index in [0.717, 1.165) is 6.26 Å². The topological polar surface area (TPSA) is 53.7 Å². The van der Waals surface area contributed by atoms with Gasteiger partial charge in [0.25, 0.3) is 5.91 Å². The number of furan rings is 1. The lowest BCUT2D eigenvalue weighted by Gasteiger charge is -2.22. The molecule has 0 saturated heterocycles. The van der Waals surface area contributed by atoms with Crippen molar-refractivity contribution in [1.29, 1.82) is 0 Å². The lowest BCUT2D eigenvalue weighted by molar-refractivity contribution is -0.141. The van der Waals surface area contributed by atoms with Gasteiger partial charge in [0, 0.05) is 6.54 Å². The highest BCUT2D eigenvalue weighted by Gasteiger charge is 2.33. The fourth-order valence-corrected chi connectivity index (χ4v) is 1.33. The van der Waals surface area contributed by atoms with E-state index in [4.69, 9.17) is 9.52 Å². The zero-order valence-corrected chi connectivity index (χ0v) is 9.12. The summed E-state index contributed by atoms with van der Waals surface area (Å²) >= 11 is 0. The molecule has 0 aliphatic rings. The van der Waals surface area contributed by atoms with Gasteiger partial charge in [0.05, 0.1) is 12.2 Å². The fraction of sp³-hybridized carbons (Fsp3) is 0.500. The molecule has 0 atom stereocenters. The van der Waals surface area contributed by atoms with E-state index in [1.165, 1.54) is 6.07 Å². The number of aliphatic hydroxyl groups is 1. The van der Waals surface area contributed by atoms with Crippen LogP contribution in [0.5, 0.6) is 0 Å². The summed E-state index contributed by atoms with van der Waals surface area (Å²) < 4.78 is 41.5. The Bertz CT molecular complexity index is 386. The van der Waals surface area contributed by atoms with Crippen LogP contribution in [0.4, 0.5) is 13.2 Å². The maximum atomic E-state index is 12.2. The minimum absolute atomic E-state index is 0.0419. The summed E-state index contributed by atoms with van der Waals surface area (Å²) in [6.07, 6.45) is -3.40. The number of alkyl halides is 3. The zero-order valence-electron chi connectivity index (χ0n) is 9.12. The molecule has 1 rings (SSSR count). The monoisotopic (exact) mass is 251 g/mol. The van der Waals surface area contributed by atoms with Gasteiger partial charge >= 0.3 is 6.18 Å². The Morgan fingerprint density at radius 1 is 1.53 bits per heavy atom. The number of aliphatic hydroxyl groups excluding tert-OH is 1. The average Bonchev–Trinajstić information content (AvgIpc) is 2.61. The first kappa shape index (κ1) is 13.6. The van der Waals surface area contributed by atoms with Gasteiger partial charge in [-0.15, -0.1) is 0 Å². The highest BCUT2D eigenvalue weighted by atomic mass is 19.4. The summed E-state index contributed by atoms with van der Waals surface area (Å²) in [7, 11) is 0. The van der Waals surface area contributed by atoms with Crippen LogP contribution in [0.3, 0.4) is 0 Å². The SMILES string of the molecule is Cc1cc(C(=O)N(CCO)CC(F)(F)F)co1. The Kier molecular flexibility index (Phi) is 4.17. The number of rotatable bonds is 4. The molecule has 0 spiro atoms. The second-order valence-corrected chi connectivity index (χ2v) is 3.51. The number of amides is 1. The maximum Gasteiger partial charge on any atom is 0.406 e. The van der Waals surface area contributed by atoms with Crippen LogP contribution in [0.15, 0.2) is 16.7 Å². The predicted molar refractivity (Wildman–Crippen MR) is 52.5 cm³/mol. The third kappa shape index (κ3) is 4.10. The lowest BCUT2D eigenvalue weighted by atomic mass is 10.2. The molecule has 1 aromatic heterocycles. The average molecular weight is 251 g/mol. The van der Waals surface area contributed by atoms with E-state index in [1.54, 1.807) is 6.92 Å². The second-order valence-electron chi connectivity index (χ2n) is 3.51. The molecule has 0 radical (unpaired) electrons. The van der Waals surface area contributed by atoms with Crippen LogP contribution < -0.4 is 0 Å². The molecular formula is C10H12F3NO3. The van der Waals surface area contributed by atoms with Gasteiger partial charge in [0.15, 0.2) is 0 Å². The molecule has 4 nitrogen and oxygen atoms in total. The molecule has 0 saturated carbocycles. The molecule has 96 valence electrons. The summed E-state index contributed by atoms with van der Waals surface area (Å²) in [5.74, 6) is -0.377. The number of hydrogen-bond acceptors (Lipinski definition) is 3. The Morgan fingerprint density at radius 3 is 2.59 bits per heavy atom. The molecule has 0 unspecified atom stereocenters. The van der Waals surface area contributed by atoms with Crippen LogP contribution in [-0.2, 0) is 0 Å². The van der Waals surface area contributed by atoms with Crippen LogP contribution >= 0.6 is 0 Å². The molecule has 7 heteroatoms. The van der Waals surface area contributed by atoms with Crippen molar-refractivity contribution in [3.05, 3.63) is 23.7 Å². The normalized spacial score (nSPS) is 11.6. The van der Waals surface area contributed by atoms with E-state index < -0.39 is 25.2 Å². The molecule has 0 aliphatic carbocycles. The predicted octanol–water partition coefficient (Wildman–Crippen LogP) is 1.58. The minimum Gasteiger partial charge on any atom is -0.469 e. The van der Waals surface area contributed by atoms with Crippen molar-refractivity contribution < 1.29 is 27.5 Å². The number of carbonyl (C=O) groups excluding carboxylic acids is 1. The molecule has 0 aliphatic heterocycles. The quantitative estimate of drug-likeness (QED) is 0.884. The van der Waals surface area contributed by atoms with Crippen LogP contribution in [0.2, 0.25) is 0 Å². The fourth-order valence-electron chi connectivity index (χ4n) is 1.33. The van der Waals surface area contributed by atoms with E-state index in [-0.39, 0.29) is 12.1 Å². The van der Waals surface area contributed by atoms with Crippen LogP contribution in [0.1, 0.15) is 16.1 Å². The van der Waals surface area contributed by atoms with Gasteiger partial charge in [-0.05, 0) is 13.0 Å². The Labute approximate surface area is 95.6 Å². The Hall–Kier alpha value is -1.50. The van der Waals surface area contributed by atoms with Gasteiger partial charge in [-0.25, -0.2) is 0 Å². The van der Waals surface area contributed by atoms with E-state index in [2.05, 4.69) is 0 Å². The summed E-state index contributed by atoms with van der Waals surface area (Å²) in [6.45, 7) is -0.714. The largest absolute Gasteiger partial charge is 0.469 e. The van der Waals surface area contributed by atoms with Gasteiger partial charge in [0.2, 0.25) is 0 Å². The third-order valence-corrected chi connectivity index (χ3v) is 2.00. The maximum absolute atomic E-state index is 12.2. The highest BCUT2D eigenvalue weighted by molar-refractivity contribution is 5.94. The summed E-state index contributed by atoms with van der Waals surface area (Å²) in [5.41, 5.74) is 0.0419. The van der Waals surface area contributed by atoms with Crippen LogP contribution in [0.25, 0.3) is 0 Å². The van der Waals surface area contributed by atoms with E-state index in [0.29, 0.717) is 10.7 Å². The molecule has 17 heavy (non-hydrogen) atoms. The van der Waals surface area contributed by atoms with Gasteiger partial charge in [-0.1, -0.05) is 0 Å². The van der Waals surface area contributed by atoms with Crippen molar-refractivity contribution in [1.82, 2.24) is 4.90 Å². The van der Waals surface area contributed by atoms with Crippen molar-refractivity contribution >= 4 is 5.91 Å². The first-order valence-electron chi connectivity index (χ1n) is 4.85. The molecule has 0 fully saturated rings. The minimum atomic E-state index is -4.50. The standard InChI is InChI=1S/C10H12F3NO3/c1-7-4-8(5-17-7)9(16)14(2-3-15)6-10(11,12)13/h4-5,15H,2-3,6H2,1H3. The van der Waals surface area contributed by atoms with E-state index in [1.807, 2.05) is 0 Å². The Morgan fingerprint density at radius 2 is 2.18 bits per heavy atom. The number of nitrogens with zero attached hydrogens (tertiary/aromatic N) is 1. The Balaban J connectivity index is 2.80. The molecule has 0 aromatic carbocycles. The molecule has 1 amide bonds. The van der Waals surface area contributed by atoms with Gasteiger partial charge in [-0.2, -0.15) is 13.2 Å². The van der Waals surface area contributed by atoms with Gasteiger partial charge in [0.1, 0.15) is 18.6 Å². The van der Waals surface area contributed by atoms with Crippen LogP contribution in [-0.4, -0.2) is 41.8 Å². The molecule has 1 heterocycles. The van der Waals surface area contributed by atoms with Crippen molar-refractivity contribution in [3.8, 4) is 0 Å². The van der Waals surface area contributed by atoms with E-state index in [9.17, 15) is 18.0 Å². The zero-order chi connectivity index (χ0) is 13.1. The number of aryl methyl sites for hydroxylation is 1. The van der Waals surface area contributed by atoms with Gasteiger partial charge in [-0.3, -0.25) is 4.79 Å². The van der Waals surface area contributed by atoms with Crippen molar-refractivity contribution in [3.63, 3.8) is 0 Å². The molecule has 1 aromatic rings. The lowest BCUT2D eigenvalue weighted by Crippen LogP contribution is -2.40.